The van der Waals surface area contributed by atoms with E-state index in [0.29, 0.717) is 28.9 Å². The van der Waals surface area contributed by atoms with Gasteiger partial charge in [0.15, 0.2) is 5.78 Å². The zero-order valence-electron chi connectivity index (χ0n) is 17.9. The van der Waals surface area contributed by atoms with Gasteiger partial charge in [0.05, 0.1) is 12.1 Å². The summed E-state index contributed by atoms with van der Waals surface area (Å²) in [5.74, 6) is -2.30. The number of carboxylic acids is 1. The molecule has 0 saturated carbocycles. The summed E-state index contributed by atoms with van der Waals surface area (Å²) in [5, 5.41) is 9.70. The van der Waals surface area contributed by atoms with E-state index < -0.39 is 30.0 Å². The molecule has 30 heavy (non-hydrogen) atoms. The van der Waals surface area contributed by atoms with Crippen LogP contribution in [0.15, 0.2) is 24.3 Å². The van der Waals surface area contributed by atoms with Gasteiger partial charge >= 0.3 is 5.97 Å². The summed E-state index contributed by atoms with van der Waals surface area (Å²) < 4.78 is 0. The molecule has 3 unspecified atom stereocenters. The molecular formula is C22H33N3O5. The van der Waals surface area contributed by atoms with Crippen LogP contribution in [0.2, 0.25) is 0 Å². The van der Waals surface area contributed by atoms with Gasteiger partial charge in [-0.05, 0) is 24.3 Å². The number of unbranched alkanes of at least 4 members (excludes halogenated alkanes) is 1. The summed E-state index contributed by atoms with van der Waals surface area (Å²) in [6.45, 7) is 5.74. The van der Waals surface area contributed by atoms with E-state index in [1.807, 2.05) is 20.8 Å². The van der Waals surface area contributed by atoms with E-state index in [4.69, 9.17) is 11.5 Å². The highest BCUT2D eigenvalue weighted by atomic mass is 16.4. The van der Waals surface area contributed by atoms with Crippen molar-refractivity contribution in [2.75, 3.05) is 0 Å². The Bertz CT molecular complexity index is 750. The highest BCUT2D eigenvalue weighted by Crippen LogP contribution is 2.18. The zero-order chi connectivity index (χ0) is 22.8. The summed E-state index contributed by atoms with van der Waals surface area (Å²) in [6.07, 6.45) is 2.52. The summed E-state index contributed by atoms with van der Waals surface area (Å²) in [6, 6.07) is 3.36. The largest absolute Gasteiger partial charge is 0.480 e. The average molecular weight is 420 g/mol. The van der Waals surface area contributed by atoms with E-state index in [9.17, 15) is 24.3 Å². The van der Waals surface area contributed by atoms with Crippen molar-refractivity contribution in [2.24, 2.45) is 17.4 Å². The Balaban J connectivity index is 3.17. The van der Waals surface area contributed by atoms with Crippen LogP contribution in [-0.4, -0.2) is 52.2 Å². The number of nitrogens with zero attached hydrogens (tertiary/aromatic N) is 1. The molecule has 0 saturated heterocycles. The van der Waals surface area contributed by atoms with Crippen molar-refractivity contribution in [1.29, 1.82) is 0 Å². The number of hydrogen-bond donors (Lipinski definition) is 3. The average Bonchev–Trinajstić information content (AvgIpc) is 2.70. The smallest absolute Gasteiger partial charge is 0.327 e. The third kappa shape index (κ3) is 7.03. The number of aliphatic carboxylic acids is 1. The van der Waals surface area contributed by atoms with Gasteiger partial charge in [-0.3, -0.25) is 19.3 Å². The van der Waals surface area contributed by atoms with Gasteiger partial charge in [0.2, 0.25) is 12.3 Å². The fourth-order valence-electron chi connectivity index (χ4n) is 3.29. The van der Waals surface area contributed by atoms with E-state index >= 15 is 0 Å². The Labute approximate surface area is 177 Å². The maximum Gasteiger partial charge on any atom is 0.327 e. The molecule has 0 aliphatic heterocycles. The van der Waals surface area contributed by atoms with Gasteiger partial charge in [-0.2, -0.15) is 0 Å². The van der Waals surface area contributed by atoms with Gasteiger partial charge in [-0.1, -0.05) is 57.9 Å². The number of carbonyl (C=O) groups excluding carboxylic acids is 3. The highest BCUT2D eigenvalue weighted by molar-refractivity contribution is 6.01. The lowest BCUT2D eigenvalue weighted by molar-refractivity contribution is -0.154. The number of rotatable bonds is 13. The summed E-state index contributed by atoms with van der Waals surface area (Å²) in [5.41, 5.74) is 12.6. The molecule has 166 valence electrons. The van der Waals surface area contributed by atoms with E-state index in [-0.39, 0.29) is 24.5 Å². The fourth-order valence-corrected chi connectivity index (χ4v) is 3.29. The molecule has 0 radical (unpaired) electrons. The first-order valence-corrected chi connectivity index (χ1v) is 10.3. The van der Waals surface area contributed by atoms with Gasteiger partial charge in [0.1, 0.15) is 6.04 Å². The summed E-state index contributed by atoms with van der Waals surface area (Å²) in [7, 11) is 0. The number of amides is 2. The molecule has 0 fully saturated rings. The molecular weight excluding hydrogens is 386 g/mol. The maximum absolute atomic E-state index is 12.8. The molecule has 5 N–H and O–H groups in total. The van der Waals surface area contributed by atoms with Gasteiger partial charge in [-0.25, -0.2) is 4.79 Å². The quantitative estimate of drug-likeness (QED) is 0.326. The Morgan fingerprint density at radius 1 is 1.13 bits per heavy atom. The second kappa shape index (κ2) is 12.2. The molecule has 1 rings (SSSR count). The number of benzene rings is 1. The molecule has 2 amide bonds. The lowest BCUT2D eigenvalue weighted by Gasteiger charge is -2.27. The minimum absolute atomic E-state index is 0.101. The van der Waals surface area contributed by atoms with Crippen LogP contribution in [0.25, 0.3) is 0 Å². The van der Waals surface area contributed by atoms with Crippen LogP contribution >= 0.6 is 0 Å². The van der Waals surface area contributed by atoms with Gasteiger partial charge in [-0.15, -0.1) is 0 Å². The van der Waals surface area contributed by atoms with Crippen molar-refractivity contribution < 1.29 is 24.3 Å². The first-order valence-electron chi connectivity index (χ1n) is 10.3. The van der Waals surface area contributed by atoms with E-state index in [0.717, 1.165) is 12.8 Å². The molecule has 3 atom stereocenters. The van der Waals surface area contributed by atoms with E-state index in [1.165, 1.54) is 0 Å². The second-order valence-corrected chi connectivity index (χ2v) is 7.92. The van der Waals surface area contributed by atoms with Crippen molar-refractivity contribution in [2.45, 2.75) is 71.0 Å². The monoisotopic (exact) mass is 419 g/mol. The van der Waals surface area contributed by atoms with Crippen LogP contribution in [0.4, 0.5) is 0 Å². The second-order valence-electron chi connectivity index (χ2n) is 7.92. The Morgan fingerprint density at radius 3 is 2.30 bits per heavy atom. The Kier molecular flexibility index (Phi) is 10.3. The molecule has 0 aliphatic rings. The lowest BCUT2D eigenvalue weighted by Crippen LogP contribution is -2.52. The SMILES string of the molecule is CCCCC(N)C(=O)c1ccccc1CC(C(=O)O)N(C=O)C(=O)C(N)CC(C)C. The van der Waals surface area contributed by atoms with E-state index in [1.54, 1.807) is 24.3 Å². The predicted octanol–water partition coefficient (Wildman–Crippen LogP) is 1.74. The van der Waals surface area contributed by atoms with Crippen LogP contribution < -0.4 is 11.5 Å². The van der Waals surface area contributed by atoms with Crippen LogP contribution in [0.1, 0.15) is 62.4 Å². The highest BCUT2D eigenvalue weighted by Gasteiger charge is 2.34. The first kappa shape index (κ1) is 25.5. The number of hydrogen-bond acceptors (Lipinski definition) is 6. The topological polar surface area (TPSA) is 144 Å². The molecule has 8 heteroatoms. The zero-order valence-corrected chi connectivity index (χ0v) is 17.9. The van der Waals surface area contributed by atoms with Gasteiger partial charge < -0.3 is 16.6 Å². The number of Topliss-reactive ketones (excluding diaryl/α,β-unsaturated/α-hetero) is 1. The van der Waals surface area contributed by atoms with Crippen LogP contribution in [-0.2, 0) is 20.8 Å². The summed E-state index contributed by atoms with van der Waals surface area (Å²) in [4.78, 5) is 49.5. The number of nitrogens with two attached hydrogens (primary N) is 2. The molecule has 0 aromatic heterocycles. The van der Waals surface area contributed by atoms with Gasteiger partial charge in [0.25, 0.3) is 0 Å². The minimum Gasteiger partial charge on any atom is -0.480 e. The summed E-state index contributed by atoms with van der Waals surface area (Å²) >= 11 is 0. The number of carbonyl (C=O) groups is 4. The fraction of sp³-hybridized carbons (Fsp3) is 0.545. The van der Waals surface area contributed by atoms with Crippen LogP contribution in [0.5, 0.6) is 0 Å². The standard InChI is InChI=1S/C22H33N3O5/c1-4-5-10-17(23)20(27)16-9-7-6-8-15(16)12-19(22(29)30)25(13-26)21(28)18(24)11-14(2)3/h6-9,13-14,17-19H,4-5,10-12,23-24H2,1-3H3,(H,29,30). The Hall–Kier alpha value is -2.58. The predicted molar refractivity (Wildman–Crippen MR) is 114 cm³/mol. The first-order chi connectivity index (χ1) is 14.1. The van der Waals surface area contributed by atoms with Crippen molar-refractivity contribution >= 4 is 24.1 Å². The molecule has 0 heterocycles. The third-order valence-corrected chi connectivity index (χ3v) is 4.93. The minimum atomic E-state index is -1.48. The van der Waals surface area contributed by atoms with E-state index in [2.05, 4.69) is 0 Å². The van der Waals surface area contributed by atoms with Crippen molar-refractivity contribution in [3.63, 3.8) is 0 Å². The molecule has 1 aromatic carbocycles. The molecule has 8 nitrogen and oxygen atoms in total. The number of ketones is 1. The Morgan fingerprint density at radius 2 is 1.77 bits per heavy atom. The number of imide groups is 1. The normalized spacial score (nSPS) is 14.1. The van der Waals surface area contributed by atoms with Crippen molar-refractivity contribution in [1.82, 2.24) is 4.90 Å². The molecule has 1 aromatic rings. The van der Waals surface area contributed by atoms with Crippen molar-refractivity contribution in [3.05, 3.63) is 35.4 Å². The molecule has 0 aliphatic carbocycles. The van der Waals surface area contributed by atoms with Crippen molar-refractivity contribution in [3.8, 4) is 0 Å². The number of carboxylic acid groups (broad SMARTS) is 1. The van der Waals surface area contributed by atoms with Gasteiger partial charge in [0, 0.05) is 12.0 Å². The molecule has 0 spiro atoms. The third-order valence-electron chi connectivity index (χ3n) is 4.93. The lowest BCUT2D eigenvalue weighted by atomic mass is 9.92. The maximum atomic E-state index is 12.8. The van der Waals surface area contributed by atoms with Crippen LogP contribution in [0, 0.1) is 5.92 Å². The molecule has 0 bridgehead atoms. The van der Waals surface area contributed by atoms with Crippen LogP contribution in [0.3, 0.4) is 0 Å².